The Balaban J connectivity index is 2.52. The number of rotatable bonds is 1. The van der Waals surface area contributed by atoms with Crippen molar-refractivity contribution in [2.45, 2.75) is 18.3 Å². The molecule has 11 heavy (non-hydrogen) atoms. The van der Waals surface area contributed by atoms with Crippen LogP contribution in [0.25, 0.3) is 0 Å². The zero-order chi connectivity index (χ0) is 8.43. The third kappa shape index (κ3) is 1.69. The van der Waals surface area contributed by atoms with Crippen LogP contribution in [-0.4, -0.2) is 52.0 Å². The highest BCUT2D eigenvalue weighted by Gasteiger charge is 2.37. The molecule has 1 rings (SSSR count). The monoisotopic (exact) mass is 163 g/mol. The van der Waals surface area contributed by atoms with E-state index >= 15 is 0 Å². The van der Waals surface area contributed by atoms with Crippen molar-refractivity contribution in [1.82, 2.24) is 0 Å². The molecule has 3 atom stereocenters. The first-order valence-electron chi connectivity index (χ1n) is 3.31. The summed E-state index contributed by atoms with van der Waals surface area (Å²) in [4.78, 5) is 0. The summed E-state index contributed by atoms with van der Waals surface area (Å²) in [5, 5.41) is 35.5. The Kier molecular flexibility index (Phi) is 2.80. The fourth-order valence-corrected chi connectivity index (χ4v) is 0.925. The van der Waals surface area contributed by atoms with Crippen molar-refractivity contribution in [1.29, 1.82) is 0 Å². The van der Waals surface area contributed by atoms with Crippen LogP contribution in [0.2, 0.25) is 0 Å². The third-order valence-electron chi connectivity index (χ3n) is 1.63. The van der Waals surface area contributed by atoms with Crippen molar-refractivity contribution in [3.63, 3.8) is 0 Å². The minimum atomic E-state index is -1.30. The van der Waals surface area contributed by atoms with Crippen LogP contribution in [0.4, 0.5) is 0 Å². The van der Waals surface area contributed by atoms with E-state index in [9.17, 15) is 0 Å². The summed E-state index contributed by atoms with van der Waals surface area (Å²) in [7, 11) is 0. The standard InChI is InChI=1S/C6H11O5/c7-1-4-6(10)5(9)3(8)2-11-4/h3-5,7-10H,1-2H2/t3-,4+,5+/m1/s1. The molecule has 0 aromatic heterocycles. The van der Waals surface area contributed by atoms with E-state index in [2.05, 4.69) is 0 Å². The van der Waals surface area contributed by atoms with Gasteiger partial charge < -0.3 is 25.2 Å². The second-order valence-electron chi connectivity index (χ2n) is 2.44. The van der Waals surface area contributed by atoms with Crippen LogP contribution < -0.4 is 0 Å². The smallest absolute Gasteiger partial charge is 0.155 e. The van der Waals surface area contributed by atoms with E-state index in [-0.39, 0.29) is 6.61 Å². The van der Waals surface area contributed by atoms with Crippen molar-refractivity contribution in [3.8, 4) is 0 Å². The fraction of sp³-hybridized carbons (Fsp3) is 0.833. The van der Waals surface area contributed by atoms with Crippen LogP contribution in [0.5, 0.6) is 0 Å². The lowest BCUT2D eigenvalue weighted by atomic mass is 10.0. The van der Waals surface area contributed by atoms with Crippen molar-refractivity contribution in [2.24, 2.45) is 0 Å². The highest BCUT2D eigenvalue weighted by Crippen LogP contribution is 2.20. The van der Waals surface area contributed by atoms with Gasteiger partial charge >= 0.3 is 0 Å². The van der Waals surface area contributed by atoms with Gasteiger partial charge in [0.05, 0.1) is 13.2 Å². The van der Waals surface area contributed by atoms with Crippen molar-refractivity contribution < 1.29 is 25.2 Å². The summed E-state index contributed by atoms with van der Waals surface area (Å²) < 4.78 is 4.78. The molecule has 5 nitrogen and oxygen atoms in total. The molecule has 0 aromatic rings. The molecule has 0 aromatic carbocycles. The van der Waals surface area contributed by atoms with Gasteiger partial charge in [0.25, 0.3) is 0 Å². The van der Waals surface area contributed by atoms with Gasteiger partial charge in [0.1, 0.15) is 18.3 Å². The molecule has 4 N–H and O–H groups in total. The predicted molar refractivity (Wildman–Crippen MR) is 34.0 cm³/mol. The average molecular weight is 163 g/mol. The maximum atomic E-state index is 9.03. The number of aliphatic hydroxyl groups excluding tert-OH is 4. The van der Waals surface area contributed by atoms with Gasteiger partial charge in [-0.15, -0.1) is 0 Å². The van der Waals surface area contributed by atoms with E-state index in [1.807, 2.05) is 0 Å². The number of aliphatic hydroxyl groups is 4. The van der Waals surface area contributed by atoms with E-state index in [0.29, 0.717) is 0 Å². The van der Waals surface area contributed by atoms with Gasteiger partial charge in [-0.2, -0.15) is 0 Å². The Morgan fingerprint density at radius 1 is 1.45 bits per heavy atom. The molecule has 1 aliphatic heterocycles. The molecule has 1 radical (unpaired) electrons. The summed E-state index contributed by atoms with van der Waals surface area (Å²) in [5.41, 5.74) is 0. The molecule has 0 aliphatic carbocycles. The SMILES string of the molecule is OC[C@@H]1OC[C@@H](O)[C@H](O)[C]1O. The lowest BCUT2D eigenvalue weighted by molar-refractivity contribution is -0.150. The number of hydrogen-bond acceptors (Lipinski definition) is 5. The largest absolute Gasteiger partial charge is 0.394 e. The molecule has 0 bridgehead atoms. The first kappa shape index (κ1) is 8.89. The van der Waals surface area contributed by atoms with Crippen molar-refractivity contribution in [2.75, 3.05) is 13.2 Å². The summed E-state index contributed by atoms with van der Waals surface area (Å²) in [6.45, 7) is -0.466. The molecular weight excluding hydrogens is 152 g/mol. The maximum absolute atomic E-state index is 9.03. The molecule has 0 saturated carbocycles. The Morgan fingerprint density at radius 2 is 2.09 bits per heavy atom. The van der Waals surface area contributed by atoms with Gasteiger partial charge in [0.2, 0.25) is 0 Å². The van der Waals surface area contributed by atoms with Gasteiger partial charge in [0.15, 0.2) is 6.10 Å². The third-order valence-corrected chi connectivity index (χ3v) is 1.63. The zero-order valence-corrected chi connectivity index (χ0v) is 5.84. The topological polar surface area (TPSA) is 90.2 Å². The molecule has 0 spiro atoms. The van der Waals surface area contributed by atoms with E-state index in [1.54, 1.807) is 0 Å². The summed E-state index contributed by atoms with van der Waals surface area (Å²) >= 11 is 0. The second kappa shape index (κ2) is 3.46. The van der Waals surface area contributed by atoms with E-state index in [0.717, 1.165) is 0 Å². The molecule has 0 amide bonds. The molecule has 1 fully saturated rings. The summed E-state index contributed by atoms with van der Waals surface area (Å²) in [6.07, 6.45) is -3.68. The summed E-state index contributed by atoms with van der Waals surface area (Å²) in [5.74, 6) is 0. The van der Waals surface area contributed by atoms with Crippen LogP contribution >= 0.6 is 0 Å². The van der Waals surface area contributed by atoms with Crippen LogP contribution in [0.15, 0.2) is 0 Å². The van der Waals surface area contributed by atoms with Crippen LogP contribution in [0, 0.1) is 6.10 Å². The Bertz CT molecular complexity index is 126. The average Bonchev–Trinajstić information content (AvgIpc) is 2.01. The van der Waals surface area contributed by atoms with Crippen molar-refractivity contribution >= 4 is 0 Å². The number of ether oxygens (including phenoxy) is 1. The Morgan fingerprint density at radius 3 is 2.64 bits per heavy atom. The molecular formula is C6H11O5. The normalized spacial score (nSPS) is 40.9. The van der Waals surface area contributed by atoms with Gasteiger partial charge in [-0.1, -0.05) is 0 Å². The van der Waals surface area contributed by atoms with Crippen LogP contribution in [0.1, 0.15) is 0 Å². The van der Waals surface area contributed by atoms with E-state index in [4.69, 9.17) is 25.2 Å². The fourth-order valence-electron chi connectivity index (χ4n) is 0.925. The second-order valence-corrected chi connectivity index (χ2v) is 2.44. The predicted octanol–water partition coefficient (Wildman–Crippen LogP) is -2.00. The molecule has 0 unspecified atom stereocenters. The molecule has 1 aliphatic rings. The zero-order valence-electron chi connectivity index (χ0n) is 5.84. The van der Waals surface area contributed by atoms with Crippen LogP contribution in [-0.2, 0) is 4.74 Å². The highest BCUT2D eigenvalue weighted by molar-refractivity contribution is 5.00. The lowest BCUT2D eigenvalue weighted by Crippen LogP contribution is -2.49. The number of hydrogen-bond donors (Lipinski definition) is 4. The van der Waals surface area contributed by atoms with Gasteiger partial charge in [-0.25, -0.2) is 0 Å². The van der Waals surface area contributed by atoms with Crippen molar-refractivity contribution in [3.05, 3.63) is 6.10 Å². The quantitative estimate of drug-likeness (QED) is 0.359. The van der Waals surface area contributed by atoms with Gasteiger partial charge in [-0.05, 0) is 0 Å². The summed E-state index contributed by atoms with van der Waals surface area (Å²) in [6, 6.07) is 0. The molecule has 5 heteroatoms. The molecule has 1 saturated heterocycles. The van der Waals surface area contributed by atoms with E-state index in [1.165, 1.54) is 0 Å². The first-order valence-corrected chi connectivity index (χ1v) is 3.31. The maximum Gasteiger partial charge on any atom is 0.155 e. The minimum absolute atomic E-state index is 0.0730. The minimum Gasteiger partial charge on any atom is -0.394 e. The lowest BCUT2D eigenvalue weighted by Gasteiger charge is -2.33. The molecule has 1 heterocycles. The Labute approximate surface area is 63.8 Å². The Hall–Kier alpha value is -0.200. The molecule has 65 valence electrons. The van der Waals surface area contributed by atoms with Gasteiger partial charge in [-0.3, -0.25) is 0 Å². The van der Waals surface area contributed by atoms with E-state index < -0.39 is 31.0 Å². The van der Waals surface area contributed by atoms with Crippen LogP contribution in [0.3, 0.4) is 0 Å². The highest BCUT2D eigenvalue weighted by atomic mass is 16.5. The first-order chi connectivity index (χ1) is 5.16. The van der Waals surface area contributed by atoms with Gasteiger partial charge in [0, 0.05) is 0 Å².